The van der Waals surface area contributed by atoms with Gasteiger partial charge in [-0.05, 0) is 37.5 Å². The number of nitrogens with one attached hydrogen (secondary N) is 1. The third-order valence-corrected chi connectivity index (χ3v) is 3.89. The van der Waals surface area contributed by atoms with Crippen molar-refractivity contribution >= 4 is 35.1 Å². The number of halogens is 2. The summed E-state index contributed by atoms with van der Waals surface area (Å²) in [6, 6.07) is 4.44. The SMILES string of the molecule is O=C(NC1(C(=O)O)CCC1)c1ccc(Cl)c(Cl)c1. The van der Waals surface area contributed by atoms with Gasteiger partial charge in [0.15, 0.2) is 0 Å². The Kier molecular flexibility index (Phi) is 3.50. The van der Waals surface area contributed by atoms with Crippen LogP contribution < -0.4 is 5.32 Å². The van der Waals surface area contributed by atoms with Crippen LogP contribution >= 0.6 is 23.2 Å². The molecule has 1 aromatic carbocycles. The molecule has 1 saturated carbocycles. The number of benzene rings is 1. The van der Waals surface area contributed by atoms with E-state index in [-0.39, 0.29) is 5.02 Å². The zero-order valence-electron chi connectivity index (χ0n) is 9.37. The highest BCUT2D eigenvalue weighted by atomic mass is 35.5. The Morgan fingerprint density at radius 1 is 1.22 bits per heavy atom. The molecule has 6 heteroatoms. The monoisotopic (exact) mass is 287 g/mol. The lowest BCUT2D eigenvalue weighted by molar-refractivity contribution is -0.148. The molecule has 0 atom stereocenters. The van der Waals surface area contributed by atoms with Crippen LogP contribution in [0.4, 0.5) is 0 Å². The molecule has 2 rings (SSSR count). The molecule has 0 aliphatic heterocycles. The molecule has 0 saturated heterocycles. The van der Waals surface area contributed by atoms with Crippen molar-refractivity contribution < 1.29 is 14.7 Å². The quantitative estimate of drug-likeness (QED) is 0.898. The van der Waals surface area contributed by atoms with Gasteiger partial charge in [0.2, 0.25) is 0 Å². The fourth-order valence-corrected chi connectivity index (χ4v) is 2.15. The summed E-state index contributed by atoms with van der Waals surface area (Å²) in [5, 5.41) is 12.3. The van der Waals surface area contributed by atoms with E-state index in [4.69, 9.17) is 28.3 Å². The van der Waals surface area contributed by atoms with E-state index in [1.165, 1.54) is 18.2 Å². The molecule has 1 aliphatic carbocycles. The second-order valence-electron chi connectivity index (χ2n) is 4.32. The van der Waals surface area contributed by atoms with Crippen LogP contribution in [-0.2, 0) is 4.79 Å². The Morgan fingerprint density at radius 3 is 2.33 bits per heavy atom. The molecule has 2 N–H and O–H groups in total. The minimum atomic E-state index is -1.12. The summed E-state index contributed by atoms with van der Waals surface area (Å²) in [5.41, 5.74) is -0.819. The number of carboxylic acid groups (broad SMARTS) is 1. The summed E-state index contributed by atoms with van der Waals surface area (Å²) in [7, 11) is 0. The van der Waals surface area contributed by atoms with E-state index in [0.29, 0.717) is 23.4 Å². The second kappa shape index (κ2) is 4.78. The van der Waals surface area contributed by atoms with Crippen LogP contribution in [0.1, 0.15) is 29.6 Å². The molecule has 1 fully saturated rings. The van der Waals surface area contributed by atoms with Crippen LogP contribution in [0.25, 0.3) is 0 Å². The van der Waals surface area contributed by atoms with Gasteiger partial charge in [-0.25, -0.2) is 4.79 Å². The van der Waals surface area contributed by atoms with Crippen molar-refractivity contribution in [3.63, 3.8) is 0 Å². The Morgan fingerprint density at radius 2 is 1.89 bits per heavy atom. The summed E-state index contributed by atoms with van der Waals surface area (Å²) < 4.78 is 0. The highest BCUT2D eigenvalue weighted by Gasteiger charge is 2.45. The molecular formula is C12H11Cl2NO3. The van der Waals surface area contributed by atoms with Gasteiger partial charge in [-0.15, -0.1) is 0 Å². The van der Waals surface area contributed by atoms with E-state index in [2.05, 4.69) is 5.32 Å². The zero-order chi connectivity index (χ0) is 13.3. The van der Waals surface area contributed by atoms with Crippen molar-refractivity contribution in [2.45, 2.75) is 24.8 Å². The fourth-order valence-electron chi connectivity index (χ4n) is 1.85. The number of hydrogen-bond acceptors (Lipinski definition) is 2. The molecule has 0 aromatic heterocycles. The first-order valence-electron chi connectivity index (χ1n) is 5.45. The highest BCUT2D eigenvalue weighted by Crippen LogP contribution is 2.32. The predicted octanol–water partition coefficient (Wildman–Crippen LogP) is 2.73. The largest absolute Gasteiger partial charge is 0.480 e. The number of aliphatic carboxylic acids is 1. The summed E-state index contributed by atoms with van der Waals surface area (Å²) in [6.45, 7) is 0. The highest BCUT2D eigenvalue weighted by molar-refractivity contribution is 6.42. The molecule has 0 unspecified atom stereocenters. The predicted molar refractivity (Wildman–Crippen MR) is 68.1 cm³/mol. The third kappa shape index (κ3) is 2.31. The lowest BCUT2D eigenvalue weighted by Gasteiger charge is -2.38. The van der Waals surface area contributed by atoms with Gasteiger partial charge in [0.25, 0.3) is 5.91 Å². The Labute approximate surface area is 114 Å². The maximum Gasteiger partial charge on any atom is 0.329 e. The zero-order valence-corrected chi connectivity index (χ0v) is 10.9. The molecule has 1 amide bonds. The van der Waals surface area contributed by atoms with E-state index >= 15 is 0 Å². The van der Waals surface area contributed by atoms with Gasteiger partial charge in [-0.2, -0.15) is 0 Å². The maximum atomic E-state index is 11.9. The molecular weight excluding hydrogens is 277 g/mol. The first kappa shape index (κ1) is 13.2. The summed E-state index contributed by atoms with van der Waals surface area (Å²) in [4.78, 5) is 23.1. The van der Waals surface area contributed by atoms with E-state index in [9.17, 15) is 9.59 Å². The average molecular weight is 288 g/mol. The second-order valence-corrected chi connectivity index (χ2v) is 5.14. The first-order chi connectivity index (χ1) is 8.44. The van der Waals surface area contributed by atoms with E-state index in [1.54, 1.807) is 0 Å². The third-order valence-electron chi connectivity index (χ3n) is 3.15. The van der Waals surface area contributed by atoms with Gasteiger partial charge in [0.1, 0.15) is 5.54 Å². The van der Waals surface area contributed by atoms with Crippen molar-refractivity contribution in [2.24, 2.45) is 0 Å². The molecule has 18 heavy (non-hydrogen) atoms. The average Bonchev–Trinajstić information content (AvgIpc) is 2.26. The van der Waals surface area contributed by atoms with Gasteiger partial charge >= 0.3 is 5.97 Å². The minimum Gasteiger partial charge on any atom is -0.480 e. The van der Waals surface area contributed by atoms with Crippen molar-refractivity contribution in [3.8, 4) is 0 Å². The van der Waals surface area contributed by atoms with Gasteiger partial charge in [0, 0.05) is 5.56 Å². The Bertz CT molecular complexity index is 512. The first-order valence-corrected chi connectivity index (χ1v) is 6.21. The summed E-state index contributed by atoms with van der Waals surface area (Å²) in [6.07, 6.45) is 1.71. The van der Waals surface area contributed by atoms with Gasteiger partial charge in [-0.1, -0.05) is 23.2 Å². The van der Waals surface area contributed by atoms with E-state index in [1.807, 2.05) is 0 Å². The number of amides is 1. The van der Waals surface area contributed by atoms with Gasteiger partial charge < -0.3 is 10.4 Å². The van der Waals surface area contributed by atoms with Crippen LogP contribution in [0.15, 0.2) is 18.2 Å². The minimum absolute atomic E-state index is 0.266. The summed E-state index contributed by atoms with van der Waals surface area (Å²) >= 11 is 11.6. The molecule has 96 valence electrons. The normalized spacial score (nSPS) is 16.8. The molecule has 4 nitrogen and oxygen atoms in total. The molecule has 0 radical (unpaired) electrons. The topological polar surface area (TPSA) is 66.4 Å². The summed E-state index contributed by atoms with van der Waals surface area (Å²) in [5.74, 6) is -1.45. The van der Waals surface area contributed by atoms with Gasteiger partial charge in [0.05, 0.1) is 10.0 Å². The number of rotatable bonds is 3. The number of carbonyl (C=O) groups is 2. The smallest absolute Gasteiger partial charge is 0.329 e. The molecule has 1 aliphatic rings. The molecule has 0 heterocycles. The number of carboxylic acids is 1. The van der Waals surface area contributed by atoms with Crippen LogP contribution in [0.3, 0.4) is 0 Å². The van der Waals surface area contributed by atoms with E-state index < -0.39 is 17.4 Å². The van der Waals surface area contributed by atoms with Crippen molar-refractivity contribution in [2.75, 3.05) is 0 Å². The lowest BCUT2D eigenvalue weighted by Crippen LogP contribution is -2.59. The Balaban J connectivity index is 2.17. The van der Waals surface area contributed by atoms with Crippen molar-refractivity contribution in [3.05, 3.63) is 33.8 Å². The molecule has 1 aromatic rings. The lowest BCUT2D eigenvalue weighted by atomic mass is 9.76. The Hall–Kier alpha value is -1.26. The maximum absolute atomic E-state index is 11.9. The fraction of sp³-hybridized carbons (Fsp3) is 0.333. The van der Waals surface area contributed by atoms with Crippen molar-refractivity contribution in [1.82, 2.24) is 5.32 Å². The van der Waals surface area contributed by atoms with Crippen LogP contribution in [0, 0.1) is 0 Å². The molecule has 0 bridgehead atoms. The van der Waals surface area contributed by atoms with Crippen LogP contribution in [0.2, 0.25) is 10.0 Å². The standard InChI is InChI=1S/C12H11Cl2NO3/c13-8-3-2-7(6-9(8)14)10(16)15-12(11(17)18)4-1-5-12/h2-3,6H,1,4-5H2,(H,15,16)(H,17,18). The number of hydrogen-bond donors (Lipinski definition) is 2. The number of carbonyl (C=O) groups excluding carboxylic acids is 1. The van der Waals surface area contributed by atoms with Crippen LogP contribution in [0.5, 0.6) is 0 Å². The van der Waals surface area contributed by atoms with Gasteiger partial charge in [-0.3, -0.25) is 4.79 Å². The van der Waals surface area contributed by atoms with E-state index in [0.717, 1.165) is 6.42 Å². The van der Waals surface area contributed by atoms with Crippen LogP contribution in [-0.4, -0.2) is 22.5 Å². The molecule has 0 spiro atoms. The van der Waals surface area contributed by atoms with Crippen molar-refractivity contribution in [1.29, 1.82) is 0 Å².